The summed E-state index contributed by atoms with van der Waals surface area (Å²) in [6.45, 7) is 3.39. The molecule has 0 amide bonds. The van der Waals surface area contributed by atoms with Crippen molar-refractivity contribution >= 4 is 39.0 Å². The number of rotatable bonds is 1. The van der Waals surface area contributed by atoms with Crippen LogP contribution in [0.4, 0.5) is 0 Å². The van der Waals surface area contributed by atoms with Crippen LogP contribution in [0.3, 0.4) is 0 Å². The van der Waals surface area contributed by atoms with Gasteiger partial charge in [0.15, 0.2) is 0 Å². The van der Waals surface area contributed by atoms with Crippen LogP contribution in [0.1, 0.15) is 17.2 Å². The highest BCUT2D eigenvalue weighted by molar-refractivity contribution is 9.11. The molecule has 1 nitrogen and oxygen atoms in total. The Morgan fingerprint density at radius 1 is 1.58 bits per heavy atom. The van der Waals surface area contributed by atoms with Gasteiger partial charge in [-0.1, -0.05) is 6.92 Å². The Morgan fingerprint density at radius 3 is 2.92 bits per heavy atom. The molecule has 2 rings (SSSR count). The minimum atomic E-state index is 0.524. The van der Waals surface area contributed by atoms with E-state index in [0.717, 1.165) is 11.8 Å². The third-order valence-electron chi connectivity index (χ3n) is 1.81. The van der Waals surface area contributed by atoms with Crippen molar-refractivity contribution in [3.8, 4) is 0 Å². The van der Waals surface area contributed by atoms with Gasteiger partial charge >= 0.3 is 0 Å². The van der Waals surface area contributed by atoms with Crippen molar-refractivity contribution in [2.24, 2.45) is 0 Å². The lowest BCUT2D eigenvalue weighted by Gasteiger charge is -2.05. The molecule has 1 fully saturated rings. The van der Waals surface area contributed by atoms with Crippen LogP contribution in [0.2, 0.25) is 0 Å². The Kier molecular flexibility index (Phi) is 2.79. The molecule has 0 aromatic carbocycles. The van der Waals surface area contributed by atoms with Crippen LogP contribution in [0, 0.1) is 0 Å². The predicted molar refractivity (Wildman–Crippen MR) is 59.8 cm³/mol. The second-order valence-corrected chi connectivity index (χ2v) is 6.92. The fourth-order valence-electron chi connectivity index (χ4n) is 1.24. The van der Waals surface area contributed by atoms with Gasteiger partial charge in [-0.2, -0.15) is 0 Å². The van der Waals surface area contributed by atoms with E-state index in [0.29, 0.717) is 5.37 Å². The van der Waals surface area contributed by atoms with Crippen molar-refractivity contribution in [3.63, 3.8) is 0 Å². The number of thiophene rings is 1. The molecule has 1 aromatic rings. The van der Waals surface area contributed by atoms with Crippen molar-refractivity contribution in [2.45, 2.75) is 17.5 Å². The highest BCUT2D eigenvalue weighted by Crippen LogP contribution is 2.38. The Balaban J connectivity index is 2.11. The lowest BCUT2D eigenvalue weighted by molar-refractivity contribution is 0.725. The van der Waals surface area contributed by atoms with Crippen molar-refractivity contribution in [1.82, 2.24) is 5.32 Å². The SMILES string of the molecule is CC1CNC(c2ccc(Br)s2)S1. The zero-order valence-corrected chi connectivity index (χ0v) is 9.93. The molecule has 2 heterocycles. The maximum Gasteiger partial charge on any atom is 0.0886 e. The van der Waals surface area contributed by atoms with Gasteiger partial charge < -0.3 is 0 Å². The Morgan fingerprint density at radius 2 is 2.42 bits per heavy atom. The molecule has 66 valence electrons. The Bertz CT molecular complexity index is 274. The molecular formula is C8H10BrNS2. The van der Waals surface area contributed by atoms with E-state index < -0.39 is 0 Å². The molecule has 1 aromatic heterocycles. The van der Waals surface area contributed by atoms with E-state index in [9.17, 15) is 0 Å². The first-order valence-corrected chi connectivity index (χ1v) is 6.45. The van der Waals surface area contributed by atoms with Gasteiger partial charge in [0.05, 0.1) is 9.16 Å². The van der Waals surface area contributed by atoms with Crippen molar-refractivity contribution < 1.29 is 0 Å². The average Bonchev–Trinajstić information content (AvgIpc) is 2.58. The van der Waals surface area contributed by atoms with Gasteiger partial charge in [0, 0.05) is 16.7 Å². The molecule has 0 spiro atoms. The van der Waals surface area contributed by atoms with Crippen LogP contribution in [-0.4, -0.2) is 11.8 Å². The third-order valence-corrected chi connectivity index (χ3v) is 4.97. The van der Waals surface area contributed by atoms with Crippen LogP contribution >= 0.6 is 39.0 Å². The summed E-state index contributed by atoms with van der Waals surface area (Å²) >= 11 is 7.31. The first kappa shape index (κ1) is 9.06. The number of halogens is 1. The van der Waals surface area contributed by atoms with Gasteiger partial charge in [0.2, 0.25) is 0 Å². The standard InChI is InChI=1S/C8H10BrNS2/c1-5-4-10-8(11-5)6-2-3-7(9)12-6/h2-3,5,8,10H,4H2,1H3. The summed E-state index contributed by atoms with van der Waals surface area (Å²) in [7, 11) is 0. The van der Waals surface area contributed by atoms with Crippen LogP contribution in [0.25, 0.3) is 0 Å². The lowest BCUT2D eigenvalue weighted by atomic mass is 10.4. The summed E-state index contributed by atoms with van der Waals surface area (Å²) in [5, 5.41) is 4.76. The molecule has 2 unspecified atom stereocenters. The number of hydrogen-bond donors (Lipinski definition) is 1. The molecule has 1 aliphatic heterocycles. The minimum Gasteiger partial charge on any atom is -0.300 e. The van der Waals surface area contributed by atoms with Gasteiger partial charge in [-0.05, 0) is 28.1 Å². The van der Waals surface area contributed by atoms with Crippen molar-refractivity contribution in [3.05, 3.63) is 20.8 Å². The quantitative estimate of drug-likeness (QED) is 0.835. The van der Waals surface area contributed by atoms with Crippen molar-refractivity contribution in [1.29, 1.82) is 0 Å². The monoisotopic (exact) mass is 263 g/mol. The van der Waals surface area contributed by atoms with E-state index in [2.05, 4.69) is 40.3 Å². The molecule has 2 atom stereocenters. The smallest absolute Gasteiger partial charge is 0.0886 e. The number of hydrogen-bond acceptors (Lipinski definition) is 3. The van der Waals surface area contributed by atoms with Crippen LogP contribution in [0.15, 0.2) is 15.9 Å². The summed E-state index contributed by atoms with van der Waals surface area (Å²) < 4.78 is 1.22. The average molecular weight is 264 g/mol. The second-order valence-electron chi connectivity index (χ2n) is 2.88. The van der Waals surface area contributed by atoms with Gasteiger partial charge in [-0.25, -0.2) is 0 Å². The first-order valence-electron chi connectivity index (χ1n) is 3.90. The van der Waals surface area contributed by atoms with Gasteiger partial charge in [-0.15, -0.1) is 23.1 Å². The molecular weight excluding hydrogens is 254 g/mol. The van der Waals surface area contributed by atoms with Gasteiger partial charge in [0.25, 0.3) is 0 Å². The van der Waals surface area contributed by atoms with E-state index in [4.69, 9.17) is 0 Å². The zero-order chi connectivity index (χ0) is 8.55. The molecule has 1 N–H and O–H groups in total. The maximum absolute atomic E-state index is 3.49. The molecule has 0 saturated carbocycles. The minimum absolute atomic E-state index is 0.524. The highest BCUT2D eigenvalue weighted by atomic mass is 79.9. The number of thioether (sulfide) groups is 1. The topological polar surface area (TPSA) is 12.0 Å². The van der Waals surface area contributed by atoms with E-state index in [1.165, 1.54) is 8.66 Å². The molecule has 1 saturated heterocycles. The van der Waals surface area contributed by atoms with E-state index in [1.54, 1.807) is 0 Å². The fourth-order valence-corrected chi connectivity index (χ4v) is 3.99. The normalized spacial score (nSPS) is 29.5. The number of nitrogens with one attached hydrogen (secondary N) is 1. The largest absolute Gasteiger partial charge is 0.300 e. The maximum atomic E-state index is 3.49. The van der Waals surface area contributed by atoms with E-state index in [1.807, 2.05) is 23.1 Å². The molecule has 1 aliphatic rings. The molecule has 4 heteroatoms. The summed E-state index contributed by atoms with van der Waals surface area (Å²) in [5.74, 6) is 0. The van der Waals surface area contributed by atoms with Gasteiger partial charge in [0.1, 0.15) is 0 Å². The third kappa shape index (κ3) is 1.87. The molecule has 0 bridgehead atoms. The highest BCUT2D eigenvalue weighted by Gasteiger charge is 2.23. The summed E-state index contributed by atoms with van der Waals surface area (Å²) in [6, 6.07) is 4.31. The van der Waals surface area contributed by atoms with Crippen LogP contribution < -0.4 is 5.32 Å². The van der Waals surface area contributed by atoms with E-state index in [-0.39, 0.29) is 0 Å². The van der Waals surface area contributed by atoms with Gasteiger partial charge in [-0.3, -0.25) is 5.32 Å². The van der Waals surface area contributed by atoms with Crippen LogP contribution in [0.5, 0.6) is 0 Å². The molecule has 0 radical (unpaired) electrons. The van der Waals surface area contributed by atoms with E-state index >= 15 is 0 Å². The summed E-state index contributed by atoms with van der Waals surface area (Å²) in [4.78, 5) is 1.43. The molecule has 0 aliphatic carbocycles. The summed E-state index contributed by atoms with van der Waals surface area (Å²) in [5.41, 5.74) is 0. The fraction of sp³-hybridized carbons (Fsp3) is 0.500. The Labute approximate surface area is 89.1 Å². The zero-order valence-electron chi connectivity index (χ0n) is 6.71. The lowest BCUT2D eigenvalue weighted by Crippen LogP contribution is -2.12. The Hall–Kier alpha value is 0.490. The summed E-state index contributed by atoms with van der Waals surface area (Å²) in [6.07, 6.45) is 0. The van der Waals surface area contributed by atoms with Crippen LogP contribution in [-0.2, 0) is 0 Å². The molecule has 12 heavy (non-hydrogen) atoms. The van der Waals surface area contributed by atoms with Crippen molar-refractivity contribution in [2.75, 3.05) is 6.54 Å². The first-order chi connectivity index (χ1) is 5.75. The second kappa shape index (κ2) is 3.70. The predicted octanol–water partition coefficient (Wildman–Crippen LogP) is 3.23.